The molecule has 2 amide bonds. The third-order valence-electron chi connectivity index (χ3n) is 6.75. The van der Waals surface area contributed by atoms with E-state index in [2.05, 4.69) is 20.4 Å². The van der Waals surface area contributed by atoms with Gasteiger partial charge >= 0.3 is 0 Å². The van der Waals surface area contributed by atoms with Crippen LogP contribution in [-0.2, 0) is 22.4 Å². The van der Waals surface area contributed by atoms with Crippen molar-refractivity contribution in [1.82, 2.24) is 19.9 Å². The Morgan fingerprint density at radius 1 is 1.31 bits per heavy atom. The van der Waals surface area contributed by atoms with Gasteiger partial charge in [0.25, 0.3) is 0 Å². The lowest BCUT2D eigenvalue weighted by Crippen LogP contribution is -2.39. The van der Waals surface area contributed by atoms with Crippen LogP contribution in [0.15, 0.2) is 47.0 Å². The summed E-state index contributed by atoms with van der Waals surface area (Å²) in [7, 11) is 1.82. The minimum absolute atomic E-state index is 0.0230. The predicted octanol–water partition coefficient (Wildman–Crippen LogP) is 2.35. The molecule has 9 heteroatoms. The number of aliphatic hydroxyl groups excluding tert-OH is 1. The fraction of sp³-hybridized carbons (Fsp3) is 0.385. The maximum absolute atomic E-state index is 13.4. The van der Waals surface area contributed by atoms with Gasteiger partial charge in [-0.25, -0.2) is 0 Å². The average molecular weight is 476 g/mol. The molecular formula is C26H29N5O4. The second-order valence-electron chi connectivity index (χ2n) is 9.38. The number of amides is 2. The van der Waals surface area contributed by atoms with E-state index in [0.29, 0.717) is 31.2 Å². The Morgan fingerprint density at radius 3 is 2.91 bits per heavy atom. The molecule has 1 aromatic heterocycles. The molecule has 2 atom stereocenters. The van der Waals surface area contributed by atoms with E-state index in [1.54, 1.807) is 11.8 Å². The van der Waals surface area contributed by atoms with Gasteiger partial charge in [-0.3, -0.25) is 14.5 Å². The second-order valence-corrected chi connectivity index (χ2v) is 9.38. The number of aromatic nitrogens is 2. The van der Waals surface area contributed by atoms with Crippen molar-refractivity contribution in [2.75, 3.05) is 32.0 Å². The number of nitrogens with zero attached hydrogens (tertiary/aromatic N) is 4. The number of carbonyl (C=O) groups excluding carboxylic acids is 2. The van der Waals surface area contributed by atoms with Gasteiger partial charge in [0.2, 0.25) is 23.5 Å². The number of hydrogen-bond acceptors (Lipinski definition) is 7. The number of anilines is 1. The molecule has 35 heavy (non-hydrogen) atoms. The van der Waals surface area contributed by atoms with Gasteiger partial charge in [0.15, 0.2) is 0 Å². The summed E-state index contributed by atoms with van der Waals surface area (Å²) in [5.41, 5.74) is 4.38. The molecule has 9 nitrogen and oxygen atoms in total. The quantitative estimate of drug-likeness (QED) is 0.539. The highest BCUT2D eigenvalue weighted by Gasteiger charge is 2.29. The van der Waals surface area contributed by atoms with Crippen LogP contribution >= 0.6 is 0 Å². The van der Waals surface area contributed by atoms with E-state index in [1.165, 1.54) is 0 Å². The van der Waals surface area contributed by atoms with Crippen molar-refractivity contribution < 1.29 is 19.2 Å². The lowest BCUT2D eigenvalue weighted by Gasteiger charge is -2.32. The first-order valence-corrected chi connectivity index (χ1v) is 11.8. The molecule has 5 rings (SSSR count). The van der Waals surface area contributed by atoms with Crippen molar-refractivity contribution in [1.29, 1.82) is 0 Å². The van der Waals surface area contributed by atoms with Crippen LogP contribution in [0.5, 0.6) is 0 Å². The molecule has 2 aliphatic rings. The van der Waals surface area contributed by atoms with Crippen LogP contribution in [-0.4, -0.2) is 69.6 Å². The standard InChI is InChI=1S/C26H29N5O4/c1-16-27-26(29-35-16)20-5-3-4-19(12-20)23(15-31-9-8-21(32)14-31)30(2)25(34)11-17-6-7-18-13-24(33)28-22(18)10-17/h3-7,10,12,21,23,32H,8-9,11,13-15H2,1-2H3,(H,28,33)/t21-,23-/m1/s1. The van der Waals surface area contributed by atoms with Crippen LogP contribution in [0.3, 0.4) is 0 Å². The molecule has 0 radical (unpaired) electrons. The maximum atomic E-state index is 13.4. The molecule has 3 aromatic rings. The molecule has 3 heterocycles. The Balaban J connectivity index is 1.39. The zero-order valence-electron chi connectivity index (χ0n) is 19.9. The number of carbonyl (C=O) groups is 2. The summed E-state index contributed by atoms with van der Waals surface area (Å²) in [6.45, 7) is 3.73. The molecule has 1 saturated heterocycles. The summed E-state index contributed by atoms with van der Waals surface area (Å²) in [4.78, 5) is 33.4. The lowest BCUT2D eigenvalue weighted by molar-refractivity contribution is -0.131. The van der Waals surface area contributed by atoms with Crippen LogP contribution < -0.4 is 5.32 Å². The van der Waals surface area contributed by atoms with Gasteiger partial charge < -0.3 is 19.8 Å². The van der Waals surface area contributed by atoms with Crippen LogP contribution in [0.1, 0.15) is 35.0 Å². The maximum Gasteiger partial charge on any atom is 0.228 e. The first-order chi connectivity index (χ1) is 16.9. The third-order valence-corrected chi connectivity index (χ3v) is 6.75. The molecule has 2 N–H and O–H groups in total. The Hall–Kier alpha value is -3.56. The lowest BCUT2D eigenvalue weighted by atomic mass is 10.0. The van der Waals surface area contributed by atoms with Gasteiger partial charge in [0.1, 0.15) is 0 Å². The van der Waals surface area contributed by atoms with Crippen LogP contribution in [0.25, 0.3) is 11.4 Å². The number of β-amino-alcohol motifs (C(OH)–C–C–N with tert-alkyl or cyclic N) is 1. The summed E-state index contributed by atoms with van der Waals surface area (Å²) in [6.07, 6.45) is 0.992. The number of aryl methyl sites for hydroxylation is 1. The van der Waals surface area contributed by atoms with Crippen molar-refractivity contribution in [3.63, 3.8) is 0 Å². The summed E-state index contributed by atoms with van der Waals surface area (Å²) in [5, 5.41) is 16.9. The van der Waals surface area contributed by atoms with Gasteiger partial charge in [-0.2, -0.15) is 4.98 Å². The zero-order chi connectivity index (χ0) is 24.5. The first-order valence-electron chi connectivity index (χ1n) is 11.8. The van der Waals surface area contributed by atoms with Crippen molar-refractivity contribution >= 4 is 17.5 Å². The minimum atomic E-state index is -0.341. The van der Waals surface area contributed by atoms with Gasteiger partial charge in [-0.1, -0.05) is 35.5 Å². The van der Waals surface area contributed by atoms with Crippen molar-refractivity contribution in [2.24, 2.45) is 0 Å². The van der Waals surface area contributed by atoms with Crippen LogP contribution in [0, 0.1) is 6.92 Å². The molecule has 1 fully saturated rings. The smallest absolute Gasteiger partial charge is 0.228 e. The summed E-state index contributed by atoms with van der Waals surface area (Å²) in [6, 6.07) is 13.3. The Kier molecular flexibility index (Phi) is 6.36. The van der Waals surface area contributed by atoms with E-state index in [4.69, 9.17) is 4.52 Å². The van der Waals surface area contributed by atoms with E-state index in [0.717, 1.165) is 40.9 Å². The van der Waals surface area contributed by atoms with Crippen molar-refractivity contribution in [2.45, 2.75) is 38.3 Å². The number of hydrogen-bond donors (Lipinski definition) is 2. The molecule has 2 aliphatic heterocycles. The SMILES string of the molecule is Cc1nc(-c2cccc([C@@H](CN3CC[C@@H](O)C3)N(C)C(=O)Cc3ccc4c(c3)NC(=O)C4)c2)no1. The monoisotopic (exact) mass is 475 g/mol. The molecule has 0 spiro atoms. The van der Waals surface area contributed by atoms with Gasteiger partial charge in [0.05, 0.1) is 25.0 Å². The van der Waals surface area contributed by atoms with E-state index in [9.17, 15) is 14.7 Å². The normalized spacial score (nSPS) is 18.4. The molecule has 0 bridgehead atoms. The minimum Gasteiger partial charge on any atom is -0.392 e. The summed E-state index contributed by atoms with van der Waals surface area (Å²) < 4.78 is 5.14. The molecule has 182 valence electrons. The number of nitrogens with one attached hydrogen (secondary N) is 1. The van der Waals surface area contributed by atoms with Gasteiger partial charge in [-0.15, -0.1) is 0 Å². The number of fused-ring (bicyclic) bond motifs is 1. The Morgan fingerprint density at radius 2 is 2.17 bits per heavy atom. The first kappa shape index (κ1) is 23.2. The summed E-state index contributed by atoms with van der Waals surface area (Å²) >= 11 is 0. The zero-order valence-corrected chi connectivity index (χ0v) is 19.9. The molecule has 0 saturated carbocycles. The van der Waals surface area contributed by atoms with E-state index >= 15 is 0 Å². The van der Waals surface area contributed by atoms with E-state index < -0.39 is 0 Å². The fourth-order valence-corrected chi connectivity index (χ4v) is 4.82. The highest BCUT2D eigenvalue weighted by molar-refractivity contribution is 5.99. The highest BCUT2D eigenvalue weighted by Crippen LogP contribution is 2.28. The third kappa shape index (κ3) is 5.11. The predicted molar refractivity (Wildman–Crippen MR) is 130 cm³/mol. The summed E-state index contributed by atoms with van der Waals surface area (Å²) in [5.74, 6) is 0.949. The molecule has 2 aromatic carbocycles. The average Bonchev–Trinajstić information content (AvgIpc) is 3.56. The number of rotatable bonds is 7. The fourth-order valence-electron chi connectivity index (χ4n) is 4.82. The second kappa shape index (κ2) is 9.59. The van der Waals surface area contributed by atoms with Crippen LogP contribution in [0.4, 0.5) is 5.69 Å². The molecular weight excluding hydrogens is 446 g/mol. The largest absolute Gasteiger partial charge is 0.392 e. The Bertz CT molecular complexity index is 1260. The number of likely N-dealkylation sites (N-methyl/N-ethyl adjacent to an activating group) is 1. The van der Waals surface area contributed by atoms with Crippen molar-refractivity contribution in [3.8, 4) is 11.4 Å². The van der Waals surface area contributed by atoms with E-state index in [-0.39, 0.29) is 30.4 Å². The number of likely N-dealkylation sites (tertiary alicyclic amines) is 1. The van der Waals surface area contributed by atoms with Gasteiger partial charge in [0, 0.05) is 44.9 Å². The van der Waals surface area contributed by atoms with Crippen molar-refractivity contribution in [3.05, 3.63) is 65.0 Å². The van der Waals surface area contributed by atoms with Crippen LogP contribution in [0.2, 0.25) is 0 Å². The number of aliphatic hydroxyl groups is 1. The topological polar surface area (TPSA) is 112 Å². The molecule has 0 aliphatic carbocycles. The van der Waals surface area contributed by atoms with E-state index in [1.807, 2.05) is 49.5 Å². The van der Waals surface area contributed by atoms with Gasteiger partial charge in [-0.05, 0) is 35.2 Å². The highest BCUT2D eigenvalue weighted by atomic mass is 16.5. The number of benzene rings is 2. The Labute approximate surface area is 203 Å². The molecule has 0 unspecified atom stereocenters.